The fourth-order valence-corrected chi connectivity index (χ4v) is 4.68. The van der Waals surface area contributed by atoms with Crippen molar-refractivity contribution in [2.75, 3.05) is 31.6 Å². The number of ether oxygens (including phenoxy) is 1. The van der Waals surface area contributed by atoms with Crippen LogP contribution in [-0.2, 0) is 11.3 Å². The van der Waals surface area contributed by atoms with E-state index in [2.05, 4.69) is 17.9 Å². The van der Waals surface area contributed by atoms with Crippen LogP contribution in [-0.4, -0.2) is 48.2 Å². The van der Waals surface area contributed by atoms with Crippen molar-refractivity contribution in [1.29, 1.82) is 0 Å². The largest absolute Gasteiger partial charge is 0.485 e. The van der Waals surface area contributed by atoms with E-state index in [0.717, 1.165) is 35.6 Å². The number of nitrogens with zero attached hydrogens (tertiary/aromatic N) is 3. The van der Waals surface area contributed by atoms with Gasteiger partial charge in [-0.25, -0.2) is 0 Å². The van der Waals surface area contributed by atoms with Crippen molar-refractivity contribution < 1.29 is 9.53 Å². The molecule has 168 valence electrons. The van der Waals surface area contributed by atoms with Gasteiger partial charge in [0.25, 0.3) is 0 Å². The molecule has 0 saturated carbocycles. The van der Waals surface area contributed by atoms with Crippen molar-refractivity contribution >= 4 is 33.4 Å². The fourth-order valence-electron chi connectivity index (χ4n) is 4.68. The number of pyridine rings is 1. The molecule has 33 heavy (non-hydrogen) atoms. The number of benzene rings is 3. The monoisotopic (exact) mass is 441 g/mol. The summed E-state index contributed by atoms with van der Waals surface area (Å²) in [6, 6.07) is 23.0. The zero-order valence-corrected chi connectivity index (χ0v) is 18.9. The molecule has 1 amide bonds. The van der Waals surface area contributed by atoms with E-state index in [-0.39, 0.29) is 24.0 Å². The Morgan fingerprint density at radius 2 is 1.58 bits per heavy atom. The minimum absolute atomic E-state index is 0.00724. The molecule has 5 rings (SSSR count). The van der Waals surface area contributed by atoms with E-state index < -0.39 is 0 Å². The maximum Gasteiger partial charge on any atom is 0.242 e. The molecule has 1 aromatic heterocycles. The molecule has 0 radical (unpaired) electrons. The van der Waals surface area contributed by atoms with Gasteiger partial charge in [-0.3, -0.25) is 9.59 Å². The molecular formula is C27H27N3O3. The number of anilines is 1. The first kappa shape index (κ1) is 21.1. The Morgan fingerprint density at radius 3 is 2.24 bits per heavy atom. The number of likely N-dealkylation sites (N-methyl/N-ethyl adjacent to an activating group) is 2. The van der Waals surface area contributed by atoms with E-state index >= 15 is 0 Å². The van der Waals surface area contributed by atoms with Gasteiger partial charge in [-0.15, -0.1) is 0 Å². The molecule has 6 nitrogen and oxygen atoms in total. The molecule has 3 aromatic carbocycles. The summed E-state index contributed by atoms with van der Waals surface area (Å²) in [5.74, 6) is 0.827. The highest BCUT2D eigenvalue weighted by atomic mass is 16.5. The van der Waals surface area contributed by atoms with Gasteiger partial charge in [0.1, 0.15) is 18.4 Å². The summed E-state index contributed by atoms with van der Waals surface area (Å²) in [5.41, 5.74) is 2.62. The zero-order valence-electron chi connectivity index (χ0n) is 18.9. The van der Waals surface area contributed by atoms with Gasteiger partial charge in [0.2, 0.25) is 5.91 Å². The maximum absolute atomic E-state index is 13.3. The van der Waals surface area contributed by atoms with Crippen LogP contribution in [0.25, 0.3) is 21.8 Å². The number of hydrogen-bond acceptors (Lipinski definition) is 4. The number of carbonyl (C=O) groups excluding carboxylic acids is 1. The zero-order chi connectivity index (χ0) is 22.9. The molecule has 4 aromatic rings. The average Bonchev–Trinajstić information content (AvgIpc) is 2.85. The van der Waals surface area contributed by atoms with E-state index in [0.29, 0.717) is 17.3 Å². The van der Waals surface area contributed by atoms with Gasteiger partial charge < -0.3 is 19.1 Å². The van der Waals surface area contributed by atoms with Crippen molar-refractivity contribution in [3.8, 4) is 5.75 Å². The third kappa shape index (κ3) is 3.82. The van der Waals surface area contributed by atoms with Gasteiger partial charge in [0.15, 0.2) is 5.43 Å². The molecule has 0 N–H and O–H groups in total. The van der Waals surface area contributed by atoms with Crippen molar-refractivity contribution in [3.05, 3.63) is 83.0 Å². The molecule has 1 aliphatic rings. The standard InChI is InChI=1S/C27H27N3O3/c1-3-29-17-19(33-25-15-9-8-14-24(25)29)16-28(2)26(31)18-30-22-12-6-4-10-20(22)27(32)21-11-5-7-13-23(21)30/h4-15,19H,3,16-18H2,1-2H3. The minimum Gasteiger partial charge on any atom is -0.485 e. The second kappa shape index (κ2) is 8.62. The van der Waals surface area contributed by atoms with Crippen LogP contribution >= 0.6 is 0 Å². The number of para-hydroxylation sites is 4. The van der Waals surface area contributed by atoms with Crippen LogP contribution in [0.15, 0.2) is 77.6 Å². The Labute approximate surface area is 192 Å². The van der Waals surface area contributed by atoms with Gasteiger partial charge in [0, 0.05) is 24.4 Å². The number of aromatic nitrogens is 1. The van der Waals surface area contributed by atoms with Crippen LogP contribution in [0.5, 0.6) is 5.75 Å². The lowest BCUT2D eigenvalue weighted by atomic mass is 10.1. The van der Waals surface area contributed by atoms with Crippen LogP contribution in [0, 0.1) is 0 Å². The number of hydrogen-bond donors (Lipinski definition) is 0. The average molecular weight is 442 g/mol. The van der Waals surface area contributed by atoms with E-state index in [4.69, 9.17) is 4.74 Å². The van der Waals surface area contributed by atoms with Crippen LogP contribution in [0.4, 0.5) is 5.69 Å². The molecule has 0 aliphatic carbocycles. The fraction of sp³-hybridized carbons (Fsp3) is 0.259. The predicted octanol–water partition coefficient (Wildman–Crippen LogP) is 3.90. The SMILES string of the molecule is CCN1CC(CN(C)C(=O)Cn2c3ccccc3c(=O)c3ccccc32)Oc2ccccc21. The van der Waals surface area contributed by atoms with Crippen LogP contribution < -0.4 is 15.1 Å². The number of fused-ring (bicyclic) bond motifs is 3. The first-order valence-electron chi connectivity index (χ1n) is 11.3. The molecule has 6 heteroatoms. The van der Waals surface area contributed by atoms with Crippen LogP contribution in [0.3, 0.4) is 0 Å². The molecule has 1 atom stereocenters. The molecule has 2 heterocycles. The topological polar surface area (TPSA) is 54.8 Å². The van der Waals surface area contributed by atoms with Crippen molar-refractivity contribution in [3.63, 3.8) is 0 Å². The third-order valence-electron chi connectivity index (χ3n) is 6.38. The number of carbonyl (C=O) groups is 1. The van der Waals surface area contributed by atoms with E-state index in [9.17, 15) is 9.59 Å². The smallest absolute Gasteiger partial charge is 0.242 e. The summed E-state index contributed by atoms with van der Waals surface area (Å²) < 4.78 is 8.15. The van der Waals surface area contributed by atoms with Crippen molar-refractivity contribution in [1.82, 2.24) is 9.47 Å². The summed E-state index contributed by atoms with van der Waals surface area (Å²) in [5, 5.41) is 1.25. The Morgan fingerprint density at radius 1 is 0.970 bits per heavy atom. The number of rotatable bonds is 5. The molecule has 1 aliphatic heterocycles. The predicted molar refractivity (Wildman–Crippen MR) is 132 cm³/mol. The lowest BCUT2D eigenvalue weighted by Gasteiger charge is -2.37. The lowest BCUT2D eigenvalue weighted by Crippen LogP contribution is -2.47. The molecule has 0 spiro atoms. The third-order valence-corrected chi connectivity index (χ3v) is 6.38. The van der Waals surface area contributed by atoms with Gasteiger partial charge in [-0.2, -0.15) is 0 Å². The number of amides is 1. The lowest BCUT2D eigenvalue weighted by molar-refractivity contribution is -0.131. The normalized spacial score (nSPS) is 15.3. The highest BCUT2D eigenvalue weighted by Gasteiger charge is 2.27. The quantitative estimate of drug-likeness (QED) is 0.441. The summed E-state index contributed by atoms with van der Waals surface area (Å²) in [6.07, 6.45) is -0.115. The highest BCUT2D eigenvalue weighted by Crippen LogP contribution is 2.33. The maximum atomic E-state index is 13.3. The Bertz CT molecular complexity index is 1330. The summed E-state index contributed by atoms with van der Waals surface area (Å²) >= 11 is 0. The summed E-state index contributed by atoms with van der Waals surface area (Å²) in [7, 11) is 1.81. The summed E-state index contributed by atoms with van der Waals surface area (Å²) in [6.45, 7) is 4.37. The van der Waals surface area contributed by atoms with Gasteiger partial charge in [-0.1, -0.05) is 36.4 Å². The molecule has 0 saturated heterocycles. The van der Waals surface area contributed by atoms with E-state index in [1.54, 1.807) is 4.90 Å². The first-order valence-corrected chi connectivity index (χ1v) is 11.3. The Balaban J connectivity index is 1.41. The molecular weight excluding hydrogens is 414 g/mol. The van der Waals surface area contributed by atoms with Crippen LogP contribution in [0.1, 0.15) is 6.92 Å². The second-order valence-electron chi connectivity index (χ2n) is 8.47. The van der Waals surface area contributed by atoms with Gasteiger partial charge in [-0.05, 0) is 43.3 Å². The highest BCUT2D eigenvalue weighted by molar-refractivity contribution is 5.94. The van der Waals surface area contributed by atoms with Crippen molar-refractivity contribution in [2.24, 2.45) is 0 Å². The molecule has 0 fully saturated rings. The second-order valence-corrected chi connectivity index (χ2v) is 8.47. The Kier molecular flexibility index (Phi) is 5.50. The first-order chi connectivity index (χ1) is 16.1. The van der Waals surface area contributed by atoms with Gasteiger partial charge >= 0.3 is 0 Å². The van der Waals surface area contributed by atoms with E-state index in [1.165, 1.54) is 0 Å². The van der Waals surface area contributed by atoms with Crippen LogP contribution in [0.2, 0.25) is 0 Å². The van der Waals surface area contributed by atoms with Gasteiger partial charge in [0.05, 0.1) is 29.8 Å². The molecule has 1 unspecified atom stereocenters. The summed E-state index contributed by atoms with van der Waals surface area (Å²) in [4.78, 5) is 30.3. The van der Waals surface area contributed by atoms with E-state index in [1.807, 2.05) is 78.3 Å². The Hall–Kier alpha value is -3.80. The molecule has 0 bridgehead atoms. The minimum atomic E-state index is -0.115. The van der Waals surface area contributed by atoms with Crippen molar-refractivity contribution in [2.45, 2.75) is 19.6 Å².